The number of amides is 1. The van der Waals surface area contributed by atoms with E-state index >= 15 is 0 Å². The molecule has 1 rings (SSSR count). The van der Waals surface area contributed by atoms with Gasteiger partial charge in [-0.1, -0.05) is 26.2 Å². The molecule has 15 heavy (non-hydrogen) atoms. The Balaban J connectivity index is 2.33. The molecule has 1 N–H and O–H groups in total. The Labute approximate surface area is 97.8 Å². The van der Waals surface area contributed by atoms with Gasteiger partial charge in [0.2, 0.25) is 5.91 Å². The Morgan fingerprint density at radius 3 is 2.47 bits per heavy atom. The average Bonchev–Trinajstić information content (AvgIpc) is 2.29. The van der Waals surface area contributed by atoms with Crippen LogP contribution >= 0.6 is 11.6 Å². The van der Waals surface area contributed by atoms with E-state index in [4.69, 9.17) is 11.6 Å². The van der Waals surface area contributed by atoms with Crippen molar-refractivity contribution in [2.75, 3.05) is 5.88 Å². The van der Waals surface area contributed by atoms with Crippen LogP contribution in [0.5, 0.6) is 0 Å². The van der Waals surface area contributed by atoms with E-state index in [-0.39, 0.29) is 11.8 Å². The van der Waals surface area contributed by atoms with E-state index in [1.54, 1.807) is 0 Å². The number of carbonyl (C=O) groups excluding carboxylic acids is 1. The summed E-state index contributed by atoms with van der Waals surface area (Å²) >= 11 is 5.66. The molecule has 0 saturated heterocycles. The molecular formula is C12H22ClNO. The summed E-state index contributed by atoms with van der Waals surface area (Å²) in [6.07, 6.45) is 6.51. The minimum absolute atomic E-state index is 0.0716. The van der Waals surface area contributed by atoms with Gasteiger partial charge in [0, 0.05) is 17.8 Å². The van der Waals surface area contributed by atoms with Crippen LogP contribution in [0.2, 0.25) is 0 Å². The van der Waals surface area contributed by atoms with Crippen molar-refractivity contribution >= 4 is 17.5 Å². The predicted octanol–water partition coefficient (Wildman–Crippen LogP) is 2.95. The van der Waals surface area contributed by atoms with Crippen LogP contribution in [0.25, 0.3) is 0 Å². The summed E-state index contributed by atoms with van der Waals surface area (Å²) in [4.78, 5) is 11.6. The van der Waals surface area contributed by atoms with Crippen LogP contribution < -0.4 is 5.32 Å². The first-order valence-corrected chi connectivity index (χ1v) is 6.55. The number of carbonyl (C=O) groups is 1. The van der Waals surface area contributed by atoms with Crippen molar-refractivity contribution in [3.8, 4) is 0 Å². The Morgan fingerprint density at radius 1 is 1.33 bits per heavy atom. The first-order valence-electron chi connectivity index (χ1n) is 6.01. The van der Waals surface area contributed by atoms with E-state index < -0.39 is 0 Å². The van der Waals surface area contributed by atoms with Crippen molar-refractivity contribution in [3.05, 3.63) is 0 Å². The average molecular weight is 232 g/mol. The van der Waals surface area contributed by atoms with Crippen molar-refractivity contribution in [1.29, 1.82) is 0 Å². The molecule has 1 aliphatic rings. The largest absolute Gasteiger partial charge is 0.353 e. The molecule has 0 heterocycles. The molecule has 0 aromatic carbocycles. The third kappa shape index (κ3) is 4.02. The lowest BCUT2D eigenvalue weighted by Gasteiger charge is -2.28. The molecule has 0 aromatic rings. The fourth-order valence-electron chi connectivity index (χ4n) is 2.19. The van der Waals surface area contributed by atoms with E-state index in [2.05, 4.69) is 12.2 Å². The maximum atomic E-state index is 11.6. The molecule has 0 bridgehead atoms. The number of hydrogen-bond donors (Lipinski definition) is 1. The van der Waals surface area contributed by atoms with Crippen molar-refractivity contribution in [2.24, 2.45) is 11.8 Å². The van der Waals surface area contributed by atoms with Gasteiger partial charge in [0.1, 0.15) is 0 Å². The molecule has 0 spiro atoms. The summed E-state index contributed by atoms with van der Waals surface area (Å²) < 4.78 is 0. The van der Waals surface area contributed by atoms with Crippen LogP contribution in [0.4, 0.5) is 0 Å². The molecule has 0 aliphatic heterocycles. The summed E-state index contributed by atoms with van der Waals surface area (Å²) in [5, 5.41) is 3.08. The molecule has 0 radical (unpaired) electrons. The zero-order chi connectivity index (χ0) is 11.3. The summed E-state index contributed by atoms with van der Waals surface area (Å²) in [6.45, 7) is 3.99. The Hall–Kier alpha value is -0.240. The van der Waals surface area contributed by atoms with Gasteiger partial charge in [0.15, 0.2) is 0 Å². The predicted molar refractivity (Wildman–Crippen MR) is 64.1 cm³/mol. The molecule has 2 nitrogen and oxygen atoms in total. The number of halogens is 1. The molecule has 0 aromatic heterocycles. The van der Waals surface area contributed by atoms with Gasteiger partial charge >= 0.3 is 0 Å². The number of alkyl halides is 1. The van der Waals surface area contributed by atoms with Crippen LogP contribution in [0.3, 0.4) is 0 Å². The first-order chi connectivity index (χ1) is 7.15. The van der Waals surface area contributed by atoms with Gasteiger partial charge in [-0.3, -0.25) is 4.79 Å². The zero-order valence-electron chi connectivity index (χ0n) is 9.76. The highest BCUT2D eigenvalue weighted by Gasteiger charge is 2.22. The van der Waals surface area contributed by atoms with Gasteiger partial charge in [0.25, 0.3) is 0 Å². The lowest BCUT2D eigenvalue weighted by Crippen LogP contribution is -2.41. The van der Waals surface area contributed by atoms with Crippen molar-refractivity contribution < 1.29 is 4.79 Å². The topological polar surface area (TPSA) is 29.1 Å². The fraction of sp³-hybridized carbons (Fsp3) is 0.917. The maximum Gasteiger partial charge on any atom is 0.224 e. The third-order valence-corrected chi connectivity index (χ3v) is 3.87. The van der Waals surface area contributed by atoms with Crippen molar-refractivity contribution in [2.45, 2.75) is 52.0 Å². The summed E-state index contributed by atoms with van der Waals surface area (Å²) in [5.74, 6) is 1.11. The van der Waals surface area contributed by atoms with E-state index in [1.165, 1.54) is 32.1 Å². The standard InChI is InChI=1S/C12H22ClNO/c1-9(8-13)12(15)14-10(2)11-6-4-3-5-7-11/h9-11H,3-8H2,1-2H3,(H,14,15)/t9?,10-/m1/s1. The zero-order valence-corrected chi connectivity index (χ0v) is 10.5. The van der Waals surface area contributed by atoms with Gasteiger partial charge < -0.3 is 5.32 Å². The Morgan fingerprint density at radius 2 is 1.93 bits per heavy atom. The highest BCUT2D eigenvalue weighted by molar-refractivity contribution is 6.19. The second kappa shape index (κ2) is 6.37. The number of hydrogen-bond acceptors (Lipinski definition) is 1. The third-order valence-electron chi connectivity index (χ3n) is 3.41. The molecule has 1 aliphatic carbocycles. The summed E-state index contributed by atoms with van der Waals surface area (Å²) in [7, 11) is 0. The van der Waals surface area contributed by atoms with E-state index in [9.17, 15) is 4.79 Å². The molecule has 1 saturated carbocycles. The normalized spacial score (nSPS) is 22.1. The molecule has 1 fully saturated rings. The molecule has 2 atom stereocenters. The van der Waals surface area contributed by atoms with Crippen molar-refractivity contribution in [1.82, 2.24) is 5.32 Å². The van der Waals surface area contributed by atoms with Crippen LogP contribution in [0.1, 0.15) is 46.0 Å². The van der Waals surface area contributed by atoms with Crippen molar-refractivity contribution in [3.63, 3.8) is 0 Å². The van der Waals surface area contributed by atoms with Gasteiger partial charge in [-0.05, 0) is 25.7 Å². The van der Waals surface area contributed by atoms with Crippen LogP contribution in [-0.4, -0.2) is 17.8 Å². The molecule has 1 amide bonds. The fourth-order valence-corrected chi connectivity index (χ4v) is 2.33. The van der Waals surface area contributed by atoms with E-state index in [0.29, 0.717) is 17.8 Å². The highest BCUT2D eigenvalue weighted by Crippen LogP contribution is 2.26. The van der Waals surface area contributed by atoms with E-state index in [1.807, 2.05) is 6.92 Å². The lowest BCUT2D eigenvalue weighted by atomic mass is 9.84. The quantitative estimate of drug-likeness (QED) is 0.741. The molecule has 1 unspecified atom stereocenters. The van der Waals surface area contributed by atoms with Gasteiger partial charge in [-0.25, -0.2) is 0 Å². The van der Waals surface area contributed by atoms with Crippen LogP contribution in [0.15, 0.2) is 0 Å². The van der Waals surface area contributed by atoms with Gasteiger partial charge in [-0.2, -0.15) is 0 Å². The lowest BCUT2D eigenvalue weighted by molar-refractivity contribution is -0.124. The SMILES string of the molecule is CC(CCl)C(=O)N[C@H](C)C1CCCCC1. The van der Waals surface area contributed by atoms with Gasteiger partial charge in [-0.15, -0.1) is 11.6 Å². The van der Waals surface area contributed by atoms with Crippen LogP contribution in [0, 0.1) is 11.8 Å². The van der Waals surface area contributed by atoms with Gasteiger partial charge in [0.05, 0.1) is 0 Å². The summed E-state index contributed by atoms with van der Waals surface area (Å²) in [6, 6.07) is 0.309. The monoisotopic (exact) mass is 231 g/mol. The minimum atomic E-state index is -0.0716. The minimum Gasteiger partial charge on any atom is -0.353 e. The maximum absolute atomic E-state index is 11.6. The number of rotatable bonds is 4. The molecule has 3 heteroatoms. The second-order valence-corrected chi connectivity index (χ2v) is 5.06. The smallest absolute Gasteiger partial charge is 0.224 e. The summed E-state index contributed by atoms with van der Waals surface area (Å²) in [5.41, 5.74) is 0. The van der Waals surface area contributed by atoms with Crippen LogP contribution in [-0.2, 0) is 4.79 Å². The Kier molecular flexibility index (Phi) is 5.44. The second-order valence-electron chi connectivity index (χ2n) is 4.75. The molecular weight excluding hydrogens is 210 g/mol. The highest BCUT2D eigenvalue weighted by atomic mass is 35.5. The molecule has 88 valence electrons. The first kappa shape index (κ1) is 12.8. The number of nitrogens with one attached hydrogen (secondary N) is 1. The van der Waals surface area contributed by atoms with E-state index in [0.717, 1.165) is 0 Å². The Bertz CT molecular complexity index is 202.